The second-order valence-electron chi connectivity index (χ2n) is 5.74. The molecule has 0 heterocycles. The van der Waals surface area contributed by atoms with Gasteiger partial charge in [-0.25, -0.2) is 5.43 Å². The predicted octanol–water partition coefficient (Wildman–Crippen LogP) is 5.20. The maximum atomic E-state index is 11.9. The molecule has 3 aromatic rings. The third-order valence-corrected chi connectivity index (χ3v) is 5.00. The molecule has 0 saturated heterocycles. The summed E-state index contributed by atoms with van der Waals surface area (Å²) in [4.78, 5) is 11.9. The van der Waals surface area contributed by atoms with E-state index in [4.69, 9.17) is 4.74 Å². The van der Waals surface area contributed by atoms with Crippen LogP contribution < -0.4 is 10.2 Å². The quantitative estimate of drug-likeness (QED) is 0.407. The van der Waals surface area contributed by atoms with Gasteiger partial charge in [0.1, 0.15) is 5.75 Å². The summed E-state index contributed by atoms with van der Waals surface area (Å²) in [6.45, 7) is 1.88. The topological polar surface area (TPSA) is 50.7 Å². The predicted molar refractivity (Wildman–Crippen MR) is 112 cm³/mol. The molecule has 3 rings (SSSR count). The molecular weight excluding hydrogens is 460 g/mol. The number of fused-ring (bicyclic) bond motifs is 1. The van der Waals surface area contributed by atoms with E-state index in [1.54, 1.807) is 6.21 Å². The monoisotopic (exact) mass is 474 g/mol. The van der Waals surface area contributed by atoms with Crippen LogP contribution in [-0.2, 0) is 4.79 Å². The smallest absolute Gasteiger partial charge is 0.277 e. The van der Waals surface area contributed by atoms with Gasteiger partial charge in [-0.2, -0.15) is 5.10 Å². The third kappa shape index (κ3) is 4.71. The van der Waals surface area contributed by atoms with E-state index in [1.165, 1.54) is 0 Å². The number of carbonyl (C=O) groups is 1. The molecule has 0 bridgehead atoms. The Morgan fingerprint density at radius 3 is 2.81 bits per heavy atom. The maximum Gasteiger partial charge on any atom is 0.277 e. The van der Waals surface area contributed by atoms with E-state index in [2.05, 4.69) is 42.4 Å². The molecule has 0 atom stereocenters. The van der Waals surface area contributed by atoms with Crippen molar-refractivity contribution in [2.24, 2.45) is 5.10 Å². The molecule has 0 saturated carbocycles. The van der Waals surface area contributed by atoms with Crippen molar-refractivity contribution < 1.29 is 9.53 Å². The number of halogens is 2. The van der Waals surface area contributed by atoms with Crippen LogP contribution in [0.15, 0.2) is 68.6 Å². The molecule has 26 heavy (non-hydrogen) atoms. The molecule has 6 heteroatoms. The number of hydrazone groups is 1. The van der Waals surface area contributed by atoms with E-state index in [-0.39, 0.29) is 12.5 Å². The fourth-order valence-electron chi connectivity index (χ4n) is 2.46. The van der Waals surface area contributed by atoms with Crippen molar-refractivity contribution in [2.75, 3.05) is 6.61 Å². The molecule has 0 fully saturated rings. The number of amides is 1. The molecule has 132 valence electrons. The Kier molecular flexibility index (Phi) is 6.06. The molecule has 4 nitrogen and oxygen atoms in total. The van der Waals surface area contributed by atoms with Crippen LogP contribution in [0.25, 0.3) is 10.8 Å². The van der Waals surface area contributed by atoms with Crippen molar-refractivity contribution in [2.45, 2.75) is 6.92 Å². The third-order valence-electron chi connectivity index (χ3n) is 3.68. The van der Waals surface area contributed by atoms with Crippen molar-refractivity contribution in [3.63, 3.8) is 0 Å². The first-order valence-electron chi connectivity index (χ1n) is 7.92. The fourth-order valence-corrected chi connectivity index (χ4v) is 3.45. The lowest BCUT2D eigenvalue weighted by Crippen LogP contribution is -2.24. The number of benzene rings is 3. The van der Waals surface area contributed by atoms with Crippen LogP contribution in [0.5, 0.6) is 5.75 Å². The van der Waals surface area contributed by atoms with Gasteiger partial charge in [0, 0.05) is 4.47 Å². The lowest BCUT2D eigenvalue weighted by Gasteiger charge is -2.10. The van der Waals surface area contributed by atoms with Crippen LogP contribution in [0.2, 0.25) is 0 Å². The van der Waals surface area contributed by atoms with Gasteiger partial charge in [0.2, 0.25) is 0 Å². The Morgan fingerprint density at radius 1 is 1.15 bits per heavy atom. The van der Waals surface area contributed by atoms with Gasteiger partial charge in [-0.1, -0.05) is 57.9 Å². The highest BCUT2D eigenvalue weighted by Gasteiger charge is 2.08. The zero-order valence-corrected chi connectivity index (χ0v) is 17.2. The first-order chi connectivity index (χ1) is 12.5. The van der Waals surface area contributed by atoms with Crippen LogP contribution in [0, 0.1) is 6.92 Å². The van der Waals surface area contributed by atoms with Crippen molar-refractivity contribution in [1.82, 2.24) is 5.43 Å². The number of carbonyl (C=O) groups excluding carboxylic acids is 1. The van der Waals surface area contributed by atoms with Gasteiger partial charge in [-0.3, -0.25) is 4.79 Å². The van der Waals surface area contributed by atoms with Crippen LogP contribution in [0.1, 0.15) is 11.1 Å². The number of nitrogens with one attached hydrogen (secondary N) is 1. The number of hydrogen-bond donors (Lipinski definition) is 1. The highest BCUT2D eigenvalue weighted by atomic mass is 79.9. The van der Waals surface area contributed by atoms with Crippen LogP contribution in [0.3, 0.4) is 0 Å². The molecule has 0 aliphatic rings. The van der Waals surface area contributed by atoms with Gasteiger partial charge in [0.05, 0.1) is 10.7 Å². The molecule has 0 aliphatic heterocycles. The summed E-state index contributed by atoms with van der Waals surface area (Å²) in [5.74, 6) is 0.286. The molecule has 0 radical (unpaired) electrons. The first kappa shape index (κ1) is 18.6. The normalized spacial score (nSPS) is 11.0. The lowest BCUT2D eigenvalue weighted by molar-refractivity contribution is -0.123. The van der Waals surface area contributed by atoms with E-state index in [0.717, 1.165) is 30.8 Å². The summed E-state index contributed by atoms with van der Waals surface area (Å²) in [5, 5.41) is 6.05. The van der Waals surface area contributed by atoms with E-state index < -0.39 is 0 Å². The Morgan fingerprint density at radius 2 is 2.00 bits per heavy atom. The van der Waals surface area contributed by atoms with E-state index in [9.17, 15) is 4.79 Å². The van der Waals surface area contributed by atoms with Crippen LogP contribution in [0.4, 0.5) is 0 Å². The molecule has 1 N–H and O–H groups in total. The summed E-state index contributed by atoms with van der Waals surface area (Å²) in [6, 6.07) is 17.6. The molecule has 0 aromatic heterocycles. The standard InChI is InChI=1S/C20H16Br2N2O2/c1-13-3-2-4-14(9-13)11-23-24-19(25)12-26-18-8-5-15-10-16(21)6-7-17(15)20(18)22/h2-11H,12H2,1H3,(H,24,25)/b23-11+. The Bertz CT molecular complexity index is 987. The van der Waals surface area contributed by atoms with Crippen molar-refractivity contribution in [3.05, 3.63) is 74.7 Å². The number of aryl methyl sites for hydroxylation is 1. The van der Waals surface area contributed by atoms with Crippen molar-refractivity contribution in [1.29, 1.82) is 0 Å². The van der Waals surface area contributed by atoms with Gasteiger partial charge in [-0.15, -0.1) is 0 Å². The fraction of sp³-hybridized carbons (Fsp3) is 0.100. The van der Waals surface area contributed by atoms with E-state index in [0.29, 0.717) is 5.75 Å². The number of hydrogen-bond acceptors (Lipinski definition) is 3. The number of nitrogens with zero attached hydrogens (tertiary/aromatic N) is 1. The first-order valence-corrected chi connectivity index (χ1v) is 9.51. The summed E-state index contributed by atoms with van der Waals surface area (Å²) < 4.78 is 7.44. The molecule has 0 spiro atoms. The Balaban J connectivity index is 1.60. The van der Waals surface area contributed by atoms with Gasteiger partial charge < -0.3 is 4.74 Å². The summed E-state index contributed by atoms with van der Waals surface area (Å²) in [5.41, 5.74) is 4.53. The highest BCUT2D eigenvalue weighted by molar-refractivity contribution is 9.11. The van der Waals surface area contributed by atoms with E-state index in [1.807, 2.05) is 61.5 Å². The minimum absolute atomic E-state index is 0.119. The minimum Gasteiger partial charge on any atom is -0.483 e. The van der Waals surface area contributed by atoms with Gasteiger partial charge in [-0.05, 0) is 57.4 Å². The number of rotatable bonds is 5. The zero-order chi connectivity index (χ0) is 18.5. The highest BCUT2D eigenvalue weighted by Crippen LogP contribution is 2.34. The summed E-state index contributed by atoms with van der Waals surface area (Å²) in [6.07, 6.45) is 1.61. The average molecular weight is 476 g/mol. The molecule has 3 aromatic carbocycles. The summed E-state index contributed by atoms with van der Waals surface area (Å²) in [7, 11) is 0. The molecule has 1 amide bonds. The SMILES string of the molecule is Cc1cccc(/C=N/NC(=O)COc2ccc3cc(Br)ccc3c2Br)c1. The van der Waals surface area contributed by atoms with Crippen LogP contribution in [-0.4, -0.2) is 18.7 Å². The Labute approximate surface area is 168 Å². The second kappa shape index (κ2) is 8.47. The van der Waals surface area contributed by atoms with Crippen molar-refractivity contribution in [3.8, 4) is 5.75 Å². The molecular formula is C20H16Br2N2O2. The maximum absolute atomic E-state index is 11.9. The van der Waals surface area contributed by atoms with Crippen molar-refractivity contribution >= 4 is 54.8 Å². The minimum atomic E-state index is -0.322. The molecule has 0 unspecified atom stereocenters. The summed E-state index contributed by atoms with van der Waals surface area (Å²) >= 11 is 7.00. The van der Waals surface area contributed by atoms with E-state index >= 15 is 0 Å². The van der Waals surface area contributed by atoms with Gasteiger partial charge in [0.25, 0.3) is 5.91 Å². The lowest BCUT2D eigenvalue weighted by atomic mass is 10.1. The average Bonchev–Trinajstić information content (AvgIpc) is 2.61. The second-order valence-corrected chi connectivity index (χ2v) is 7.45. The Hall–Kier alpha value is -2.18. The zero-order valence-electron chi connectivity index (χ0n) is 14.0. The van der Waals surface area contributed by atoms with Gasteiger partial charge in [0.15, 0.2) is 6.61 Å². The largest absolute Gasteiger partial charge is 0.483 e. The molecule has 0 aliphatic carbocycles. The number of ether oxygens (including phenoxy) is 1. The van der Waals surface area contributed by atoms with Gasteiger partial charge >= 0.3 is 0 Å². The van der Waals surface area contributed by atoms with Crippen LogP contribution >= 0.6 is 31.9 Å².